The van der Waals surface area contributed by atoms with Gasteiger partial charge < -0.3 is 35.3 Å². The maximum absolute atomic E-state index is 13.3. The number of benzene rings is 2. The molecule has 12 heteroatoms. The number of anilines is 1. The highest BCUT2D eigenvalue weighted by Crippen LogP contribution is 2.13. The number of amides is 4. The fraction of sp³-hybridized carbons (Fsp3) is 0.406. The van der Waals surface area contributed by atoms with E-state index in [2.05, 4.69) is 26.3 Å². The molecule has 12 nitrogen and oxygen atoms in total. The summed E-state index contributed by atoms with van der Waals surface area (Å²) in [6.45, 7) is 10.1. The summed E-state index contributed by atoms with van der Waals surface area (Å²) in [6.07, 6.45) is 2.17. The second kappa shape index (κ2) is 15.1. The second-order valence-electron chi connectivity index (χ2n) is 11.9. The summed E-state index contributed by atoms with van der Waals surface area (Å²) in [7, 11) is 0. The highest BCUT2D eigenvalue weighted by Gasteiger charge is 2.34. The number of nitrogens with one attached hydrogen (secondary N) is 4. The van der Waals surface area contributed by atoms with Gasteiger partial charge in [-0.1, -0.05) is 60.7 Å². The summed E-state index contributed by atoms with van der Waals surface area (Å²) >= 11 is 0. The summed E-state index contributed by atoms with van der Waals surface area (Å²) in [4.78, 5) is 55.6. The number of nitrogens with zero attached hydrogens (tertiary/aromatic N) is 2. The lowest BCUT2D eigenvalue weighted by Crippen LogP contribution is -2.59. The molecular weight excluding hydrogens is 564 g/mol. The topological polar surface area (TPSA) is 153 Å². The summed E-state index contributed by atoms with van der Waals surface area (Å²) in [6, 6.07) is 17.7. The fourth-order valence-corrected chi connectivity index (χ4v) is 4.01. The van der Waals surface area contributed by atoms with Crippen molar-refractivity contribution >= 4 is 29.6 Å². The summed E-state index contributed by atoms with van der Waals surface area (Å²) in [5, 5.41) is 10.8. The Morgan fingerprint density at radius 3 is 2.18 bits per heavy atom. The lowest BCUT2D eigenvalue weighted by molar-refractivity contribution is -0.131. The van der Waals surface area contributed by atoms with E-state index >= 15 is 0 Å². The quantitative estimate of drug-likeness (QED) is 0.231. The van der Waals surface area contributed by atoms with Crippen molar-refractivity contribution < 1.29 is 28.7 Å². The van der Waals surface area contributed by atoms with Crippen molar-refractivity contribution in [1.82, 2.24) is 25.5 Å². The van der Waals surface area contributed by atoms with Gasteiger partial charge in [-0.25, -0.2) is 9.78 Å². The van der Waals surface area contributed by atoms with Gasteiger partial charge in [0.25, 0.3) is 5.91 Å². The van der Waals surface area contributed by atoms with Gasteiger partial charge in [-0.05, 0) is 52.7 Å². The maximum Gasteiger partial charge on any atom is 0.408 e. The number of alkyl carbamates (subject to hydrolysis) is 1. The van der Waals surface area contributed by atoms with Crippen LogP contribution in [0.15, 0.2) is 73.2 Å². The third kappa shape index (κ3) is 11.2. The Bertz CT molecular complexity index is 1400. The van der Waals surface area contributed by atoms with E-state index in [1.165, 1.54) is 30.9 Å². The van der Waals surface area contributed by atoms with Crippen molar-refractivity contribution in [3.05, 3.63) is 84.3 Å². The van der Waals surface area contributed by atoms with Crippen LogP contribution >= 0.6 is 0 Å². The van der Waals surface area contributed by atoms with Crippen LogP contribution in [-0.2, 0) is 37.0 Å². The molecule has 2 atom stereocenters. The van der Waals surface area contributed by atoms with Crippen molar-refractivity contribution in [2.24, 2.45) is 0 Å². The van der Waals surface area contributed by atoms with Crippen molar-refractivity contribution in [1.29, 1.82) is 0 Å². The summed E-state index contributed by atoms with van der Waals surface area (Å²) in [5.74, 6) is -1.25. The van der Waals surface area contributed by atoms with Gasteiger partial charge in [0.2, 0.25) is 11.8 Å². The lowest BCUT2D eigenvalue weighted by Gasteiger charge is -2.29. The first-order valence-corrected chi connectivity index (χ1v) is 14.3. The minimum Gasteiger partial charge on any atom is -0.444 e. The van der Waals surface area contributed by atoms with Crippen LogP contribution in [0.4, 0.5) is 10.6 Å². The number of imidazole rings is 1. The number of rotatable bonds is 13. The predicted octanol–water partition coefficient (Wildman–Crippen LogP) is 3.70. The van der Waals surface area contributed by atoms with Crippen LogP contribution in [0.2, 0.25) is 0 Å². The van der Waals surface area contributed by atoms with E-state index in [-0.39, 0.29) is 37.5 Å². The molecule has 0 saturated heterocycles. The molecule has 4 amide bonds. The highest BCUT2D eigenvalue weighted by molar-refractivity contribution is 5.98. The average molecular weight is 607 g/mol. The van der Waals surface area contributed by atoms with E-state index in [0.29, 0.717) is 0 Å². The lowest BCUT2D eigenvalue weighted by atomic mass is 10.0. The van der Waals surface area contributed by atoms with E-state index in [4.69, 9.17) is 9.47 Å². The second-order valence-corrected chi connectivity index (χ2v) is 11.9. The third-order valence-electron chi connectivity index (χ3n) is 6.29. The Balaban J connectivity index is 1.63. The Morgan fingerprint density at radius 2 is 1.55 bits per heavy atom. The molecule has 1 aromatic heterocycles. The first-order chi connectivity index (χ1) is 20.7. The predicted molar refractivity (Wildman–Crippen MR) is 165 cm³/mol. The molecule has 0 aliphatic rings. The van der Waals surface area contributed by atoms with Crippen molar-refractivity contribution in [2.45, 2.75) is 77.9 Å². The van der Waals surface area contributed by atoms with E-state index in [9.17, 15) is 19.2 Å². The minimum atomic E-state index is -1.41. The van der Waals surface area contributed by atoms with Crippen LogP contribution in [0, 0.1) is 0 Å². The Morgan fingerprint density at radius 1 is 0.909 bits per heavy atom. The molecule has 0 fully saturated rings. The Labute approximate surface area is 257 Å². The average Bonchev–Trinajstić information content (AvgIpc) is 3.38. The van der Waals surface area contributed by atoms with Crippen LogP contribution in [0.5, 0.6) is 0 Å². The molecule has 0 spiro atoms. The molecule has 3 rings (SSSR count). The van der Waals surface area contributed by atoms with E-state index in [1.54, 1.807) is 20.8 Å². The molecule has 0 aliphatic carbocycles. The van der Waals surface area contributed by atoms with E-state index in [0.717, 1.165) is 11.1 Å². The Hall–Kier alpha value is -4.71. The largest absolute Gasteiger partial charge is 0.444 e. The normalized spacial score (nSPS) is 12.9. The highest BCUT2D eigenvalue weighted by atomic mass is 16.6. The number of aromatic nitrogens is 2. The summed E-state index contributed by atoms with van der Waals surface area (Å²) in [5.41, 5.74) is -0.296. The molecule has 236 valence electrons. The first kappa shape index (κ1) is 33.8. The summed E-state index contributed by atoms with van der Waals surface area (Å²) < 4.78 is 12.6. The van der Waals surface area contributed by atoms with Crippen LogP contribution in [0.3, 0.4) is 0 Å². The van der Waals surface area contributed by atoms with E-state index in [1.807, 2.05) is 67.6 Å². The zero-order valence-electron chi connectivity index (χ0n) is 26.0. The molecule has 2 aromatic carbocycles. The SMILES string of the molecule is C[C@@H](NC(=O)Cn1cnc(NC(=O)[C@@H](COCc2ccccc2)NC(=O)C(C)(C)NC(=O)OC(C)(C)C)c1)c1ccccc1. The third-order valence-corrected chi connectivity index (χ3v) is 6.29. The Kier molecular flexibility index (Phi) is 11.6. The van der Waals surface area contributed by atoms with Gasteiger partial charge in [-0.2, -0.15) is 0 Å². The van der Waals surface area contributed by atoms with Gasteiger partial charge in [-0.3, -0.25) is 14.4 Å². The molecule has 44 heavy (non-hydrogen) atoms. The van der Waals surface area contributed by atoms with Crippen molar-refractivity contribution in [3.63, 3.8) is 0 Å². The van der Waals surface area contributed by atoms with Gasteiger partial charge in [0.1, 0.15) is 23.7 Å². The van der Waals surface area contributed by atoms with Crippen molar-refractivity contribution in [2.75, 3.05) is 11.9 Å². The van der Waals surface area contributed by atoms with Crippen LogP contribution in [-0.4, -0.2) is 57.2 Å². The molecule has 3 aromatic rings. The zero-order chi connectivity index (χ0) is 32.3. The van der Waals surface area contributed by atoms with Crippen LogP contribution in [0.25, 0.3) is 0 Å². The van der Waals surface area contributed by atoms with Crippen LogP contribution < -0.4 is 21.3 Å². The van der Waals surface area contributed by atoms with Crippen LogP contribution in [0.1, 0.15) is 58.7 Å². The maximum atomic E-state index is 13.3. The van der Waals surface area contributed by atoms with Gasteiger partial charge >= 0.3 is 6.09 Å². The molecule has 1 heterocycles. The molecule has 0 saturated carbocycles. The van der Waals surface area contributed by atoms with E-state index < -0.39 is 35.1 Å². The number of ether oxygens (including phenoxy) is 2. The van der Waals surface area contributed by atoms with Gasteiger partial charge in [0, 0.05) is 6.20 Å². The first-order valence-electron chi connectivity index (χ1n) is 14.3. The molecule has 0 radical (unpaired) electrons. The van der Waals surface area contributed by atoms with Gasteiger partial charge in [0.15, 0.2) is 5.82 Å². The molecular formula is C32H42N6O6. The number of carbonyl (C=O) groups excluding carboxylic acids is 4. The van der Waals surface area contributed by atoms with Crippen molar-refractivity contribution in [3.8, 4) is 0 Å². The van der Waals surface area contributed by atoms with Gasteiger partial charge in [0.05, 0.1) is 25.6 Å². The molecule has 0 aliphatic heterocycles. The number of carbonyl (C=O) groups is 4. The number of hydrogen-bond acceptors (Lipinski definition) is 7. The molecule has 0 unspecified atom stereocenters. The standard InChI is InChI=1S/C32H42N6O6/c1-22(24-15-11-8-12-16-24)34-27(39)18-38-17-26(33-21-38)36-28(40)25(20-43-19-23-13-9-7-10-14-23)35-29(41)32(5,6)37-30(42)44-31(2,3)4/h7-17,21-22,25H,18-20H2,1-6H3,(H,34,39)(H,35,41)(H,36,40)(H,37,42)/t22-,25-/m1/s1. The monoisotopic (exact) mass is 606 g/mol. The smallest absolute Gasteiger partial charge is 0.408 e. The molecule has 4 N–H and O–H groups in total. The minimum absolute atomic E-state index is 0.00901. The van der Waals surface area contributed by atoms with Gasteiger partial charge in [-0.15, -0.1) is 0 Å². The fourth-order valence-electron chi connectivity index (χ4n) is 4.01. The zero-order valence-corrected chi connectivity index (χ0v) is 26.0. The number of hydrogen-bond donors (Lipinski definition) is 4. The molecule has 0 bridgehead atoms.